The molecule has 0 bridgehead atoms. The molecule has 0 saturated carbocycles. The van der Waals surface area contributed by atoms with Gasteiger partial charge >= 0.3 is 0 Å². The van der Waals surface area contributed by atoms with Gasteiger partial charge in [-0.25, -0.2) is 19.3 Å². The van der Waals surface area contributed by atoms with Gasteiger partial charge in [0.15, 0.2) is 11.5 Å². The third-order valence-electron chi connectivity index (χ3n) is 5.28. The van der Waals surface area contributed by atoms with Crippen LogP contribution in [0.4, 0.5) is 10.2 Å². The van der Waals surface area contributed by atoms with E-state index >= 15 is 4.39 Å². The summed E-state index contributed by atoms with van der Waals surface area (Å²) in [6.07, 6.45) is -5.77. The van der Waals surface area contributed by atoms with Gasteiger partial charge in [0.25, 0.3) is 5.85 Å². The number of aliphatic hydroxyl groups excluding tert-OH is 4. The molecule has 2 aliphatic heterocycles. The molecule has 7 N–H and O–H groups in total. The molecule has 0 aliphatic carbocycles. The third-order valence-corrected chi connectivity index (χ3v) is 5.28. The van der Waals surface area contributed by atoms with Crippen LogP contribution in [0.5, 0.6) is 0 Å². The predicted molar refractivity (Wildman–Crippen MR) is 88.1 cm³/mol. The highest BCUT2D eigenvalue weighted by atomic mass is 19.2. The van der Waals surface area contributed by atoms with Gasteiger partial charge in [0.05, 0.1) is 25.6 Å². The maximum atomic E-state index is 15.7. The van der Waals surface area contributed by atoms with Crippen LogP contribution in [0, 0.1) is 0 Å². The van der Waals surface area contributed by atoms with Gasteiger partial charge in [-0.15, -0.1) is 0 Å². The minimum Gasteiger partial charge on any atom is -0.394 e. The molecule has 13 heteroatoms. The minimum atomic E-state index is -3.49. The number of rotatable bonds is 3. The van der Waals surface area contributed by atoms with Crippen LogP contribution in [0.25, 0.3) is 11.2 Å². The van der Waals surface area contributed by atoms with Gasteiger partial charge < -0.3 is 40.7 Å². The number of ether oxygens (including phenoxy) is 2. The number of nitrogen functional groups attached to an aromatic ring is 1. The fraction of sp³-hybridized carbons (Fsp3) is 0.667. The highest BCUT2D eigenvalue weighted by Gasteiger charge is 2.72. The lowest BCUT2D eigenvalue weighted by atomic mass is 9.88. The Morgan fingerprint density at radius 1 is 1.25 bits per heavy atom. The Labute approximate surface area is 157 Å². The predicted octanol–water partition coefficient (Wildman–Crippen LogP) is -3.02. The van der Waals surface area contributed by atoms with Gasteiger partial charge in [0, 0.05) is 6.42 Å². The minimum absolute atomic E-state index is 0.0152. The standard InChI is InChI=1S/C15H20FN5O7/c16-14(26)11(25)8(2-22)28-15(14,9-1-6(23)7(24)3-27-9)21-5-20-10-12(17)18-4-19-13(10)21/h4-9,11,22-26H,1-3H2,(H2,17,18,19)/t6-,7+,8+,9+,11+,14+,15+/m0/s1. The number of fused-ring (bicyclic) bond motifs is 1. The Morgan fingerprint density at radius 3 is 2.64 bits per heavy atom. The molecular weight excluding hydrogens is 381 g/mol. The summed E-state index contributed by atoms with van der Waals surface area (Å²) in [4.78, 5) is 11.8. The van der Waals surface area contributed by atoms with Crippen molar-refractivity contribution in [3.05, 3.63) is 12.7 Å². The molecule has 0 spiro atoms. The van der Waals surface area contributed by atoms with Crippen LogP contribution in [-0.2, 0) is 15.2 Å². The van der Waals surface area contributed by atoms with Gasteiger partial charge in [-0.1, -0.05) is 0 Å². The van der Waals surface area contributed by atoms with Crippen LogP contribution < -0.4 is 5.73 Å². The average molecular weight is 401 g/mol. The van der Waals surface area contributed by atoms with Crippen molar-refractivity contribution in [3.8, 4) is 0 Å². The third kappa shape index (κ3) is 2.45. The van der Waals surface area contributed by atoms with Gasteiger partial charge in [0.1, 0.15) is 36.3 Å². The summed E-state index contributed by atoms with van der Waals surface area (Å²) >= 11 is 0. The zero-order valence-corrected chi connectivity index (χ0v) is 14.5. The lowest BCUT2D eigenvalue weighted by molar-refractivity contribution is -0.316. The summed E-state index contributed by atoms with van der Waals surface area (Å²) in [6, 6.07) is 0. The molecule has 2 fully saturated rings. The van der Waals surface area contributed by atoms with E-state index < -0.39 is 48.7 Å². The summed E-state index contributed by atoms with van der Waals surface area (Å²) in [7, 11) is 0. The van der Waals surface area contributed by atoms with Crippen molar-refractivity contribution in [1.82, 2.24) is 19.5 Å². The van der Waals surface area contributed by atoms with Gasteiger partial charge in [-0.3, -0.25) is 4.57 Å². The van der Waals surface area contributed by atoms with Crippen LogP contribution >= 0.6 is 0 Å². The van der Waals surface area contributed by atoms with Crippen LogP contribution in [-0.4, -0.2) is 94.6 Å². The number of imidazole rings is 1. The van der Waals surface area contributed by atoms with E-state index in [1.54, 1.807) is 0 Å². The van der Waals surface area contributed by atoms with E-state index in [-0.39, 0.29) is 30.0 Å². The number of nitrogens with zero attached hydrogens (tertiary/aromatic N) is 4. The fourth-order valence-electron chi connectivity index (χ4n) is 3.79. The number of aromatic nitrogens is 4. The fourth-order valence-corrected chi connectivity index (χ4v) is 3.79. The monoisotopic (exact) mass is 401 g/mol. The molecule has 0 aromatic carbocycles. The first-order valence-corrected chi connectivity index (χ1v) is 8.53. The zero-order valence-electron chi connectivity index (χ0n) is 14.5. The Morgan fingerprint density at radius 2 is 2.00 bits per heavy atom. The first kappa shape index (κ1) is 19.3. The summed E-state index contributed by atoms with van der Waals surface area (Å²) in [5.74, 6) is -3.50. The molecule has 7 atom stereocenters. The second kappa shape index (κ2) is 6.52. The molecular formula is C15H20FN5O7. The number of anilines is 1. The van der Waals surface area contributed by atoms with Crippen molar-refractivity contribution in [2.24, 2.45) is 0 Å². The largest absolute Gasteiger partial charge is 0.394 e. The van der Waals surface area contributed by atoms with E-state index in [9.17, 15) is 25.5 Å². The molecule has 2 aromatic heterocycles. The number of halogens is 1. The second-order valence-corrected chi connectivity index (χ2v) is 6.89. The van der Waals surface area contributed by atoms with E-state index in [0.717, 1.165) is 17.2 Å². The second-order valence-electron chi connectivity index (χ2n) is 6.89. The quantitative estimate of drug-likeness (QED) is 0.307. The topological polar surface area (TPSA) is 189 Å². The van der Waals surface area contributed by atoms with Crippen molar-refractivity contribution in [2.75, 3.05) is 18.9 Å². The smallest absolute Gasteiger partial charge is 0.287 e. The van der Waals surface area contributed by atoms with E-state index in [0.29, 0.717) is 0 Å². The summed E-state index contributed by atoms with van der Waals surface area (Å²) in [6.45, 7) is -1.19. The van der Waals surface area contributed by atoms with Gasteiger partial charge in [-0.2, -0.15) is 0 Å². The van der Waals surface area contributed by atoms with Crippen LogP contribution in [0.3, 0.4) is 0 Å². The molecule has 0 amide bonds. The van der Waals surface area contributed by atoms with Crippen molar-refractivity contribution in [3.63, 3.8) is 0 Å². The maximum Gasteiger partial charge on any atom is 0.287 e. The zero-order chi connectivity index (χ0) is 20.3. The van der Waals surface area contributed by atoms with Crippen LogP contribution in [0.2, 0.25) is 0 Å². The number of alkyl halides is 1. The van der Waals surface area contributed by atoms with Crippen LogP contribution in [0.15, 0.2) is 12.7 Å². The highest BCUT2D eigenvalue weighted by molar-refractivity contribution is 5.81. The lowest BCUT2D eigenvalue weighted by Crippen LogP contribution is -2.64. The Balaban J connectivity index is 1.93. The molecule has 28 heavy (non-hydrogen) atoms. The normalized spacial score (nSPS) is 41.6. The molecule has 0 radical (unpaired) electrons. The van der Waals surface area contributed by atoms with Crippen molar-refractivity contribution in [1.29, 1.82) is 0 Å². The summed E-state index contributed by atoms with van der Waals surface area (Å²) in [5, 5.41) is 50.2. The van der Waals surface area contributed by atoms with E-state index in [4.69, 9.17) is 15.2 Å². The molecule has 4 rings (SSSR count). The summed E-state index contributed by atoms with van der Waals surface area (Å²) in [5.41, 5.74) is 3.32. The molecule has 0 unspecified atom stereocenters. The van der Waals surface area contributed by atoms with E-state index in [2.05, 4.69) is 15.0 Å². The number of aliphatic hydroxyl groups is 5. The molecule has 2 aliphatic rings. The van der Waals surface area contributed by atoms with Crippen LogP contribution in [0.1, 0.15) is 6.42 Å². The van der Waals surface area contributed by atoms with Gasteiger partial charge in [-0.05, 0) is 0 Å². The Bertz CT molecular complexity index is 882. The molecule has 12 nitrogen and oxygen atoms in total. The van der Waals surface area contributed by atoms with Crippen molar-refractivity contribution in [2.45, 2.75) is 48.5 Å². The number of nitrogens with two attached hydrogens (primary N) is 1. The number of hydrogen-bond acceptors (Lipinski definition) is 11. The number of hydrogen-bond donors (Lipinski definition) is 6. The maximum absolute atomic E-state index is 15.7. The first-order valence-electron chi connectivity index (χ1n) is 8.53. The SMILES string of the molecule is Nc1ncnc2c1ncn2[C@]1([C@H]2C[C@H](O)[C@H](O)CO2)O[C@H](CO)[C@@H](O)[C@]1(O)F. The molecule has 2 saturated heterocycles. The Hall–Kier alpha value is -2.00. The molecule has 154 valence electrons. The lowest BCUT2D eigenvalue weighted by Gasteiger charge is -2.45. The molecule has 4 heterocycles. The highest BCUT2D eigenvalue weighted by Crippen LogP contribution is 2.50. The van der Waals surface area contributed by atoms with E-state index in [1.807, 2.05) is 0 Å². The van der Waals surface area contributed by atoms with Crippen molar-refractivity contribution >= 4 is 17.0 Å². The summed E-state index contributed by atoms with van der Waals surface area (Å²) < 4.78 is 27.8. The average Bonchev–Trinajstić information content (AvgIpc) is 3.18. The van der Waals surface area contributed by atoms with Crippen molar-refractivity contribution < 1.29 is 39.4 Å². The Kier molecular flexibility index (Phi) is 4.50. The van der Waals surface area contributed by atoms with E-state index in [1.165, 1.54) is 0 Å². The first-order chi connectivity index (χ1) is 13.2. The van der Waals surface area contributed by atoms with Gasteiger partial charge in [0.2, 0.25) is 5.72 Å². The molecule has 2 aromatic rings.